The SMILES string of the molecule is COc1ccc2c(c1)C13NC(=S)N(C)C1=C1CC3(CCc3ccccc31)C2. The Morgan fingerprint density at radius 2 is 1.96 bits per heavy atom. The highest BCUT2D eigenvalue weighted by atomic mass is 32.1. The van der Waals surface area contributed by atoms with Crippen LogP contribution in [0.25, 0.3) is 5.57 Å². The maximum Gasteiger partial charge on any atom is 0.174 e. The van der Waals surface area contributed by atoms with Crippen LogP contribution in [-0.2, 0) is 18.4 Å². The van der Waals surface area contributed by atoms with Gasteiger partial charge in [-0.15, -0.1) is 0 Å². The van der Waals surface area contributed by atoms with Crippen molar-refractivity contribution in [2.75, 3.05) is 14.2 Å². The molecule has 4 aliphatic rings. The minimum absolute atomic E-state index is 0.139. The standard InChI is InChI=1S/C23H22N2OS/c1-25-20-18-13-22(10-9-14-5-3-4-6-17(14)18)12-15-7-8-16(26-2)11-19(15)23(20,22)24-21(25)27/h3-8,11H,9-10,12-13H2,1-2H3,(H,24,27). The Hall–Kier alpha value is -2.33. The molecule has 0 radical (unpaired) electrons. The highest BCUT2D eigenvalue weighted by molar-refractivity contribution is 7.80. The number of likely N-dealkylation sites (N-methyl/N-ethyl adjacent to an activating group) is 1. The molecular formula is C23H22N2OS. The fraction of sp³-hybridized carbons (Fsp3) is 0.348. The first kappa shape index (κ1) is 15.7. The van der Waals surface area contributed by atoms with Gasteiger partial charge in [-0.1, -0.05) is 30.3 Å². The Labute approximate surface area is 165 Å². The highest BCUT2D eigenvalue weighted by Crippen LogP contribution is 2.69. The van der Waals surface area contributed by atoms with Crippen LogP contribution in [0.5, 0.6) is 5.75 Å². The lowest BCUT2D eigenvalue weighted by atomic mass is 9.68. The zero-order valence-corrected chi connectivity index (χ0v) is 16.5. The van der Waals surface area contributed by atoms with Gasteiger partial charge in [0.1, 0.15) is 11.3 Å². The van der Waals surface area contributed by atoms with Crippen LogP contribution in [-0.4, -0.2) is 24.2 Å². The van der Waals surface area contributed by atoms with Crippen LogP contribution in [0.4, 0.5) is 0 Å². The van der Waals surface area contributed by atoms with Crippen LogP contribution >= 0.6 is 12.2 Å². The first-order valence-electron chi connectivity index (χ1n) is 9.65. The fourth-order valence-corrected chi connectivity index (χ4v) is 6.49. The molecule has 4 heteroatoms. The number of nitrogens with zero attached hydrogens (tertiary/aromatic N) is 1. The number of hydrogen-bond donors (Lipinski definition) is 1. The molecule has 1 saturated heterocycles. The Morgan fingerprint density at radius 3 is 2.81 bits per heavy atom. The molecule has 0 amide bonds. The largest absolute Gasteiger partial charge is 0.497 e. The third-order valence-corrected chi connectivity index (χ3v) is 7.73. The van der Waals surface area contributed by atoms with Crippen molar-refractivity contribution in [1.82, 2.24) is 10.2 Å². The molecule has 27 heavy (non-hydrogen) atoms. The second kappa shape index (κ2) is 4.93. The van der Waals surface area contributed by atoms with Gasteiger partial charge in [-0.3, -0.25) is 0 Å². The van der Waals surface area contributed by atoms with E-state index in [1.165, 1.54) is 33.5 Å². The quantitative estimate of drug-likeness (QED) is 0.762. The van der Waals surface area contributed by atoms with Crippen molar-refractivity contribution >= 4 is 22.9 Å². The molecule has 0 saturated carbocycles. The highest BCUT2D eigenvalue weighted by Gasteiger charge is 2.68. The van der Waals surface area contributed by atoms with E-state index >= 15 is 0 Å². The predicted octanol–water partition coefficient (Wildman–Crippen LogP) is 4.01. The number of methoxy groups -OCH3 is 1. The fourth-order valence-electron chi connectivity index (χ4n) is 6.24. The first-order valence-corrected chi connectivity index (χ1v) is 10.1. The molecule has 1 heterocycles. The summed E-state index contributed by atoms with van der Waals surface area (Å²) < 4.78 is 5.59. The number of hydrogen-bond acceptors (Lipinski definition) is 2. The second-order valence-corrected chi connectivity index (χ2v) is 8.77. The third kappa shape index (κ3) is 1.67. The summed E-state index contributed by atoms with van der Waals surface area (Å²) in [4.78, 5) is 2.23. The molecule has 2 aromatic rings. The van der Waals surface area contributed by atoms with Crippen LogP contribution in [0.1, 0.15) is 35.1 Å². The van der Waals surface area contributed by atoms with E-state index in [1.807, 2.05) is 0 Å². The molecule has 2 unspecified atom stereocenters. The topological polar surface area (TPSA) is 24.5 Å². The number of allylic oxidation sites excluding steroid dienone is 1. The summed E-state index contributed by atoms with van der Waals surface area (Å²) in [6.07, 6.45) is 4.49. The van der Waals surface area contributed by atoms with Gasteiger partial charge in [0.05, 0.1) is 12.8 Å². The maximum atomic E-state index is 5.77. The van der Waals surface area contributed by atoms with E-state index in [4.69, 9.17) is 17.0 Å². The lowest BCUT2D eigenvalue weighted by Gasteiger charge is -2.40. The van der Waals surface area contributed by atoms with E-state index < -0.39 is 0 Å². The van der Waals surface area contributed by atoms with Gasteiger partial charge in [-0.25, -0.2) is 0 Å². The van der Waals surface area contributed by atoms with E-state index in [2.05, 4.69) is 59.7 Å². The molecule has 6 rings (SSSR count). The molecule has 3 aliphatic carbocycles. The van der Waals surface area contributed by atoms with Gasteiger partial charge in [-0.05, 0) is 77.9 Å². The number of ether oxygens (including phenoxy) is 1. The van der Waals surface area contributed by atoms with Gasteiger partial charge in [0.25, 0.3) is 0 Å². The van der Waals surface area contributed by atoms with E-state index in [1.54, 1.807) is 7.11 Å². The van der Waals surface area contributed by atoms with E-state index in [0.29, 0.717) is 0 Å². The van der Waals surface area contributed by atoms with Crippen LogP contribution < -0.4 is 10.1 Å². The van der Waals surface area contributed by atoms with Crippen molar-refractivity contribution in [2.45, 2.75) is 31.2 Å². The number of benzene rings is 2. The Kier molecular flexibility index (Phi) is 2.87. The van der Waals surface area contributed by atoms with Gasteiger partial charge < -0.3 is 15.0 Å². The lowest BCUT2D eigenvalue weighted by Crippen LogP contribution is -2.49. The molecule has 1 fully saturated rings. The van der Waals surface area contributed by atoms with Gasteiger partial charge in [0, 0.05) is 12.5 Å². The third-order valence-electron chi connectivity index (χ3n) is 7.35. The van der Waals surface area contributed by atoms with Crippen molar-refractivity contribution in [3.05, 3.63) is 70.4 Å². The Balaban J connectivity index is 1.71. The zero-order chi connectivity index (χ0) is 18.4. The maximum absolute atomic E-state index is 5.77. The molecule has 2 spiro atoms. The number of fused-ring (bicyclic) bond motifs is 4. The van der Waals surface area contributed by atoms with Crippen molar-refractivity contribution in [2.24, 2.45) is 5.41 Å². The summed E-state index contributed by atoms with van der Waals surface area (Å²) >= 11 is 5.77. The molecule has 2 aromatic carbocycles. The van der Waals surface area contributed by atoms with Gasteiger partial charge >= 0.3 is 0 Å². The van der Waals surface area contributed by atoms with E-state index in [9.17, 15) is 0 Å². The minimum atomic E-state index is -0.217. The van der Waals surface area contributed by atoms with Gasteiger partial charge in [0.15, 0.2) is 5.11 Å². The summed E-state index contributed by atoms with van der Waals surface area (Å²) in [5, 5.41) is 4.65. The zero-order valence-electron chi connectivity index (χ0n) is 15.6. The number of rotatable bonds is 1. The van der Waals surface area contributed by atoms with Crippen molar-refractivity contribution < 1.29 is 4.74 Å². The van der Waals surface area contributed by atoms with Gasteiger partial charge in [-0.2, -0.15) is 0 Å². The van der Waals surface area contributed by atoms with Crippen LogP contribution in [0.15, 0.2) is 48.2 Å². The number of aryl methyl sites for hydroxylation is 1. The molecule has 2 atom stereocenters. The molecular weight excluding hydrogens is 352 g/mol. The van der Waals surface area contributed by atoms with Crippen molar-refractivity contribution in [3.8, 4) is 5.75 Å². The molecule has 1 N–H and O–H groups in total. The summed E-state index contributed by atoms with van der Waals surface area (Å²) in [7, 11) is 3.87. The number of thiocarbonyl (C=S) groups is 1. The van der Waals surface area contributed by atoms with E-state index in [0.717, 1.165) is 36.5 Å². The summed E-state index contributed by atoms with van der Waals surface area (Å²) in [5.41, 5.74) is 8.46. The Bertz CT molecular complexity index is 1060. The van der Waals surface area contributed by atoms with Crippen molar-refractivity contribution in [3.63, 3.8) is 0 Å². The van der Waals surface area contributed by atoms with Crippen LogP contribution in [0, 0.1) is 5.41 Å². The van der Waals surface area contributed by atoms with Crippen LogP contribution in [0.3, 0.4) is 0 Å². The van der Waals surface area contributed by atoms with E-state index in [-0.39, 0.29) is 11.0 Å². The first-order chi connectivity index (χ1) is 13.1. The molecule has 2 bridgehead atoms. The molecule has 1 aliphatic heterocycles. The predicted molar refractivity (Wildman–Crippen MR) is 111 cm³/mol. The smallest absolute Gasteiger partial charge is 0.174 e. The Morgan fingerprint density at radius 1 is 1.11 bits per heavy atom. The minimum Gasteiger partial charge on any atom is -0.497 e. The van der Waals surface area contributed by atoms with Crippen molar-refractivity contribution in [1.29, 1.82) is 0 Å². The average molecular weight is 375 g/mol. The summed E-state index contributed by atoms with van der Waals surface area (Å²) in [6, 6.07) is 15.5. The van der Waals surface area contributed by atoms with Crippen LogP contribution in [0.2, 0.25) is 0 Å². The molecule has 0 aromatic heterocycles. The lowest BCUT2D eigenvalue weighted by molar-refractivity contribution is 0.165. The summed E-state index contributed by atoms with van der Waals surface area (Å²) in [5.74, 6) is 0.923. The summed E-state index contributed by atoms with van der Waals surface area (Å²) in [6.45, 7) is 0. The monoisotopic (exact) mass is 374 g/mol. The normalized spacial score (nSPS) is 29.7. The molecule has 136 valence electrons. The molecule has 3 nitrogen and oxygen atoms in total. The van der Waals surface area contributed by atoms with Gasteiger partial charge in [0.2, 0.25) is 0 Å². The second-order valence-electron chi connectivity index (χ2n) is 8.38. The average Bonchev–Trinajstić information content (AvgIpc) is 3.14. The number of nitrogens with one attached hydrogen (secondary N) is 1.